The van der Waals surface area contributed by atoms with Crippen LogP contribution in [-0.4, -0.2) is 33.3 Å². The Hall–Kier alpha value is -2.74. The van der Waals surface area contributed by atoms with Gasteiger partial charge in [-0.15, -0.1) is 0 Å². The van der Waals surface area contributed by atoms with Crippen LogP contribution in [0.4, 0.5) is 0 Å². The Labute approximate surface area is 173 Å². The number of rotatable bonds is 7. The summed E-state index contributed by atoms with van der Waals surface area (Å²) >= 11 is 1.41. The number of esters is 1. The number of aryl methyl sites for hydroxylation is 3. The van der Waals surface area contributed by atoms with Gasteiger partial charge in [0.25, 0.3) is 5.91 Å². The molecular weight excluding hydrogens is 388 g/mol. The predicted octanol–water partition coefficient (Wildman–Crippen LogP) is 3.16. The van der Waals surface area contributed by atoms with Crippen LogP contribution in [0.1, 0.15) is 36.7 Å². The maximum absolute atomic E-state index is 12.6. The minimum Gasteiger partial charge on any atom is -0.468 e. The topological polar surface area (TPSA) is 78.5 Å². The number of methoxy groups -OCH3 is 1. The lowest BCUT2D eigenvalue weighted by atomic mass is 10.1. The number of thiazole rings is 1. The van der Waals surface area contributed by atoms with Gasteiger partial charge in [0.1, 0.15) is 13.1 Å². The molecule has 154 valence electrons. The Balaban J connectivity index is 2.00. The fraction of sp³-hybridized carbons (Fsp3) is 0.429. The van der Waals surface area contributed by atoms with Crippen molar-refractivity contribution in [3.8, 4) is 0 Å². The summed E-state index contributed by atoms with van der Waals surface area (Å²) in [7, 11) is 1.35. The molecule has 0 saturated carbocycles. The van der Waals surface area contributed by atoms with E-state index in [-0.39, 0.29) is 25.0 Å². The first kappa shape index (κ1) is 21.0. The molecule has 0 spiro atoms. The number of aromatic nitrogens is 3. The highest BCUT2D eigenvalue weighted by atomic mass is 32.1. The zero-order chi connectivity index (χ0) is 21.0. The average molecular weight is 415 g/mol. The van der Waals surface area contributed by atoms with Crippen LogP contribution in [0.2, 0.25) is 0 Å². The van der Waals surface area contributed by atoms with Gasteiger partial charge in [-0.25, -0.2) is 0 Å². The molecule has 0 atom stereocenters. The van der Waals surface area contributed by atoms with Crippen LogP contribution in [0.15, 0.2) is 29.3 Å². The summed E-state index contributed by atoms with van der Waals surface area (Å²) in [5, 5.41) is 4.32. The summed E-state index contributed by atoms with van der Waals surface area (Å²) in [6.45, 7) is 6.03. The highest BCUT2D eigenvalue weighted by Gasteiger charge is 2.13. The number of amides is 1. The zero-order valence-electron chi connectivity index (χ0n) is 17.3. The van der Waals surface area contributed by atoms with Gasteiger partial charge >= 0.3 is 5.97 Å². The van der Waals surface area contributed by atoms with Crippen LogP contribution in [0.3, 0.4) is 0 Å². The van der Waals surface area contributed by atoms with Crippen molar-refractivity contribution in [1.29, 1.82) is 0 Å². The van der Waals surface area contributed by atoms with Gasteiger partial charge in [0.15, 0.2) is 4.80 Å². The molecular formula is C21H26N4O3S. The number of fused-ring (bicyclic) bond motifs is 1. The lowest BCUT2D eigenvalue weighted by Crippen LogP contribution is -2.23. The molecule has 2 heterocycles. The van der Waals surface area contributed by atoms with E-state index >= 15 is 0 Å². The predicted molar refractivity (Wildman–Crippen MR) is 113 cm³/mol. The Morgan fingerprint density at radius 2 is 2.00 bits per heavy atom. The monoisotopic (exact) mass is 414 g/mol. The van der Waals surface area contributed by atoms with Gasteiger partial charge in [-0.1, -0.05) is 30.7 Å². The minimum atomic E-state index is -0.382. The molecule has 0 bridgehead atoms. The number of ether oxygens (including phenoxy) is 1. The van der Waals surface area contributed by atoms with Gasteiger partial charge in [-0.05, 0) is 50.5 Å². The number of nitrogens with zero attached hydrogens (tertiary/aromatic N) is 4. The van der Waals surface area contributed by atoms with Crippen LogP contribution in [0.5, 0.6) is 0 Å². The molecule has 0 radical (unpaired) electrons. The number of unbranched alkanes of at least 4 members (excludes halogenated alkanes) is 1. The van der Waals surface area contributed by atoms with E-state index in [0.29, 0.717) is 4.80 Å². The van der Waals surface area contributed by atoms with E-state index in [1.54, 1.807) is 9.25 Å². The van der Waals surface area contributed by atoms with Crippen molar-refractivity contribution >= 4 is 33.4 Å². The molecule has 1 aromatic carbocycles. The van der Waals surface area contributed by atoms with Crippen molar-refractivity contribution in [1.82, 2.24) is 14.3 Å². The van der Waals surface area contributed by atoms with Crippen LogP contribution in [0, 0.1) is 13.8 Å². The standard InChI is InChI=1S/C21H26N4O3S/c1-5-6-7-16-8-9-17-18(11-16)29-21(24(17)13-20(27)28-4)22-19(26)12-25-15(3)10-14(2)23-25/h8-11H,5-7,12-13H2,1-4H3. The first-order chi connectivity index (χ1) is 13.9. The average Bonchev–Trinajstić information content (AvgIpc) is 3.18. The molecule has 3 aromatic rings. The Bertz CT molecular complexity index is 1110. The number of carbonyl (C=O) groups is 2. The van der Waals surface area contributed by atoms with Crippen LogP contribution >= 0.6 is 11.3 Å². The van der Waals surface area contributed by atoms with E-state index in [1.807, 2.05) is 26.0 Å². The summed E-state index contributed by atoms with van der Waals surface area (Å²) in [4.78, 5) is 29.3. The first-order valence-electron chi connectivity index (χ1n) is 9.69. The third-order valence-electron chi connectivity index (χ3n) is 4.69. The van der Waals surface area contributed by atoms with E-state index in [1.165, 1.54) is 24.0 Å². The third-order valence-corrected chi connectivity index (χ3v) is 5.73. The number of hydrogen-bond acceptors (Lipinski definition) is 5. The second kappa shape index (κ2) is 9.17. The molecule has 3 rings (SSSR count). The van der Waals surface area contributed by atoms with Gasteiger partial charge in [0.05, 0.1) is 23.0 Å². The van der Waals surface area contributed by atoms with Gasteiger partial charge in [0.2, 0.25) is 0 Å². The van der Waals surface area contributed by atoms with Gasteiger partial charge in [0, 0.05) is 5.69 Å². The molecule has 0 fully saturated rings. The summed E-state index contributed by atoms with van der Waals surface area (Å²) in [5.74, 6) is -0.695. The van der Waals surface area contributed by atoms with E-state index in [0.717, 1.165) is 40.9 Å². The lowest BCUT2D eigenvalue weighted by molar-refractivity contribution is -0.141. The van der Waals surface area contributed by atoms with E-state index in [2.05, 4.69) is 29.1 Å². The first-order valence-corrected chi connectivity index (χ1v) is 10.5. The van der Waals surface area contributed by atoms with Crippen molar-refractivity contribution in [3.05, 3.63) is 46.0 Å². The molecule has 1 amide bonds. The maximum Gasteiger partial charge on any atom is 0.325 e. The molecule has 0 unspecified atom stereocenters. The second-order valence-corrected chi connectivity index (χ2v) is 8.05. The van der Waals surface area contributed by atoms with Crippen LogP contribution in [0.25, 0.3) is 10.2 Å². The van der Waals surface area contributed by atoms with E-state index in [9.17, 15) is 9.59 Å². The van der Waals surface area contributed by atoms with Gasteiger partial charge < -0.3 is 9.30 Å². The molecule has 29 heavy (non-hydrogen) atoms. The van der Waals surface area contributed by atoms with Crippen molar-refractivity contribution in [2.45, 2.75) is 53.1 Å². The second-order valence-electron chi connectivity index (χ2n) is 7.04. The number of carbonyl (C=O) groups excluding carboxylic acids is 2. The summed E-state index contributed by atoms with van der Waals surface area (Å²) in [6, 6.07) is 8.10. The van der Waals surface area contributed by atoms with Crippen LogP contribution in [-0.2, 0) is 33.8 Å². The lowest BCUT2D eigenvalue weighted by Gasteiger charge is -2.05. The molecule has 2 aromatic heterocycles. The molecule has 0 aliphatic rings. The zero-order valence-corrected chi connectivity index (χ0v) is 18.1. The van der Waals surface area contributed by atoms with Crippen molar-refractivity contribution in [2.75, 3.05) is 7.11 Å². The molecule has 8 heteroatoms. The van der Waals surface area contributed by atoms with Crippen LogP contribution < -0.4 is 4.80 Å². The quantitative estimate of drug-likeness (QED) is 0.557. The van der Waals surface area contributed by atoms with Crippen molar-refractivity contribution < 1.29 is 14.3 Å². The molecule has 0 aliphatic heterocycles. The fourth-order valence-corrected chi connectivity index (χ4v) is 4.30. The molecule has 0 saturated heterocycles. The van der Waals surface area contributed by atoms with Gasteiger partial charge in [-0.3, -0.25) is 14.3 Å². The highest BCUT2D eigenvalue weighted by Crippen LogP contribution is 2.20. The molecule has 0 aliphatic carbocycles. The fourth-order valence-electron chi connectivity index (χ4n) is 3.19. The molecule has 7 nitrogen and oxygen atoms in total. The van der Waals surface area contributed by atoms with E-state index < -0.39 is 0 Å². The Morgan fingerprint density at radius 3 is 2.66 bits per heavy atom. The summed E-state index contributed by atoms with van der Waals surface area (Å²) in [6.07, 6.45) is 3.26. The van der Waals surface area contributed by atoms with Crippen molar-refractivity contribution in [3.63, 3.8) is 0 Å². The summed E-state index contributed by atoms with van der Waals surface area (Å²) in [5.41, 5.74) is 3.88. The number of hydrogen-bond donors (Lipinski definition) is 0. The normalized spacial score (nSPS) is 11.9. The van der Waals surface area contributed by atoms with E-state index in [4.69, 9.17) is 4.74 Å². The maximum atomic E-state index is 12.6. The number of benzene rings is 1. The largest absolute Gasteiger partial charge is 0.468 e. The van der Waals surface area contributed by atoms with Gasteiger partial charge in [-0.2, -0.15) is 10.1 Å². The smallest absolute Gasteiger partial charge is 0.325 e. The Kier molecular flexibility index (Phi) is 6.64. The highest BCUT2D eigenvalue weighted by molar-refractivity contribution is 7.16. The minimum absolute atomic E-state index is 0.0107. The summed E-state index contributed by atoms with van der Waals surface area (Å²) < 4.78 is 9.21. The SMILES string of the molecule is CCCCc1ccc2c(c1)sc(=NC(=O)Cn1nc(C)cc1C)n2CC(=O)OC. The molecule has 0 N–H and O–H groups in total. The third kappa shape index (κ3) is 5.00. The van der Waals surface area contributed by atoms with Crippen molar-refractivity contribution in [2.24, 2.45) is 4.99 Å². The Morgan fingerprint density at radius 1 is 1.21 bits per heavy atom.